The molecule has 0 saturated heterocycles. The number of nitrogens with one attached hydrogen (secondary N) is 1. The fourth-order valence-electron chi connectivity index (χ4n) is 2.53. The topological polar surface area (TPSA) is 38.3 Å². The Labute approximate surface area is 124 Å². The predicted octanol–water partition coefficient (Wildman–Crippen LogP) is 3.85. The summed E-state index contributed by atoms with van der Waals surface area (Å²) in [7, 11) is 0. The van der Waals surface area contributed by atoms with Gasteiger partial charge in [0.05, 0.1) is 5.69 Å². The molecule has 0 unspecified atom stereocenters. The third-order valence-electron chi connectivity index (χ3n) is 3.77. The van der Waals surface area contributed by atoms with Crippen LogP contribution in [0.2, 0.25) is 0 Å². The van der Waals surface area contributed by atoms with Crippen molar-refractivity contribution in [3.8, 4) is 5.75 Å². The van der Waals surface area contributed by atoms with E-state index in [9.17, 15) is 4.79 Å². The first-order chi connectivity index (χ1) is 10.2. The van der Waals surface area contributed by atoms with Gasteiger partial charge < -0.3 is 10.1 Å². The third kappa shape index (κ3) is 2.64. The molecule has 0 saturated carbocycles. The number of ketones is 1. The van der Waals surface area contributed by atoms with Crippen LogP contribution in [0.5, 0.6) is 5.75 Å². The summed E-state index contributed by atoms with van der Waals surface area (Å²) in [5.41, 5.74) is 3.43. The average Bonchev–Trinajstić information content (AvgIpc) is 2.53. The van der Waals surface area contributed by atoms with Crippen LogP contribution in [-0.2, 0) is 0 Å². The minimum Gasteiger partial charge on any atom is -0.490 e. The van der Waals surface area contributed by atoms with E-state index in [-0.39, 0.29) is 5.78 Å². The number of fused-ring (bicyclic) bond motifs is 1. The van der Waals surface area contributed by atoms with Crippen LogP contribution in [0.1, 0.15) is 41.3 Å². The average molecular weight is 281 g/mol. The molecule has 21 heavy (non-hydrogen) atoms. The van der Waals surface area contributed by atoms with Crippen molar-refractivity contribution in [3.05, 3.63) is 59.2 Å². The summed E-state index contributed by atoms with van der Waals surface area (Å²) >= 11 is 0. The van der Waals surface area contributed by atoms with Crippen molar-refractivity contribution in [2.45, 2.75) is 19.8 Å². The van der Waals surface area contributed by atoms with Crippen molar-refractivity contribution in [2.24, 2.45) is 0 Å². The van der Waals surface area contributed by atoms with Crippen LogP contribution in [0.15, 0.2) is 42.5 Å². The standard InChI is InChI=1S/C18H19NO2/c1-12(2)13-6-8-14(9-7-13)18(20)15-4-3-5-16-17(15)19-10-11-21-16/h3-9,12,19H,10-11H2,1-2H3. The fraction of sp³-hybridized carbons (Fsp3) is 0.278. The van der Waals surface area contributed by atoms with Gasteiger partial charge in [-0.15, -0.1) is 0 Å². The summed E-state index contributed by atoms with van der Waals surface area (Å²) in [6.45, 7) is 5.65. The fourth-order valence-corrected chi connectivity index (χ4v) is 2.53. The molecular formula is C18H19NO2. The molecule has 0 radical (unpaired) electrons. The monoisotopic (exact) mass is 281 g/mol. The first-order valence-electron chi connectivity index (χ1n) is 7.31. The van der Waals surface area contributed by atoms with E-state index in [0.717, 1.165) is 18.0 Å². The predicted molar refractivity (Wildman–Crippen MR) is 84.4 cm³/mol. The molecule has 3 nitrogen and oxygen atoms in total. The minimum absolute atomic E-state index is 0.0279. The Morgan fingerprint density at radius 2 is 1.90 bits per heavy atom. The van der Waals surface area contributed by atoms with Crippen LogP contribution in [0, 0.1) is 0 Å². The SMILES string of the molecule is CC(C)c1ccc(C(=O)c2cccc3c2NCCO3)cc1. The van der Waals surface area contributed by atoms with Gasteiger partial charge in [0.25, 0.3) is 0 Å². The van der Waals surface area contributed by atoms with Crippen molar-refractivity contribution in [1.29, 1.82) is 0 Å². The van der Waals surface area contributed by atoms with Gasteiger partial charge >= 0.3 is 0 Å². The van der Waals surface area contributed by atoms with Gasteiger partial charge in [0.2, 0.25) is 0 Å². The highest BCUT2D eigenvalue weighted by Crippen LogP contribution is 2.32. The quantitative estimate of drug-likeness (QED) is 0.869. The molecule has 1 N–H and O–H groups in total. The number of benzene rings is 2. The molecule has 3 heteroatoms. The molecule has 0 bridgehead atoms. The van der Waals surface area contributed by atoms with E-state index in [1.54, 1.807) is 0 Å². The Bertz CT molecular complexity index is 659. The van der Waals surface area contributed by atoms with Crippen LogP contribution in [-0.4, -0.2) is 18.9 Å². The lowest BCUT2D eigenvalue weighted by Crippen LogP contribution is -2.20. The number of carbonyl (C=O) groups is 1. The van der Waals surface area contributed by atoms with E-state index in [1.807, 2.05) is 42.5 Å². The molecule has 0 fully saturated rings. The number of carbonyl (C=O) groups excluding carboxylic acids is 1. The smallest absolute Gasteiger partial charge is 0.195 e. The third-order valence-corrected chi connectivity index (χ3v) is 3.77. The highest BCUT2D eigenvalue weighted by atomic mass is 16.5. The maximum absolute atomic E-state index is 12.7. The number of anilines is 1. The maximum atomic E-state index is 12.7. The largest absolute Gasteiger partial charge is 0.490 e. The molecule has 0 aromatic heterocycles. The van der Waals surface area contributed by atoms with Crippen molar-refractivity contribution in [1.82, 2.24) is 0 Å². The van der Waals surface area contributed by atoms with Gasteiger partial charge in [0, 0.05) is 17.7 Å². The Kier molecular flexibility index (Phi) is 3.65. The van der Waals surface area contributed by atoms with Crippen LogP contribution in [0.4, 0.5) is 5.69 Å². The van der Waals surface area contributed by atoms with Gasteiger partial charge in [0.15, 0.2) is 5.78 Å². The van der Waals surface area contributed by atoms with Crippen LogP contribution >= 0.6 is 0 Å². The zero-order valence-corrected chi connectivity index (χ0v) is 12.3. The number of hydrogen-bond donors (Lipinski definition) is 1. The summed E-state index contributed by atoms with van der Waals surface area (Å²) in [6.07, 6.45) is 0. The maximum Gasteiger partial charge on any atom is 0.195 e. The van der Waals surface area contributed by atoms with Crippen LogP contribution in [0.3, 0.4) is 0 Å². The van der Waals surface area contributed by atoms with Gasteiger partial charge in [-0.05, 0) is 23.6 Å². The summed E-state index contributed by atoms with van der Waals surface area (Å²) < 4.78 is 5.59. The minimum atomic E-state index is 0.0279. The van der Waals surface area contributed by atoms with Crippen LogP contribution < -0.4 is 10.1 Å². The molecule has 2 aromatic rings. The van der Waals surface area contributed by atoms with Crippen molar-refractivity contribution < 1.29 is 9.53 Å². The van der Waals surface area contributed by atoms with Crippen molar-refractivity contribution in [3.63, 3.8) is 0 Å². The van der Waals surface area contributed by atoms with Crippen LogP contribution in [0.25, 0.3) is 0 Å². The van der Waals surface area contributed by atoms with E-state index in [4.69, 9.17) is 4.74 Å². The Morgan fingerprint density at radius 1 is 1.14 bits per heavy atom. The Balaban J connectivity index is 1.95. The molecule has 1 aliphatic rings. The molecule has 0 spiro atoms. The number of para-hydroxylation sites is 1. The highest BCUT2D eigenvalue weighted by molar-refractivity contribution is 6.13. The van der Waals surface area contributed by atoms with E-state index < -0.39 is 0 Å². The van der Waals surface area contributed by atoms with Gasteiger partial charge in [-0.3, -0.25) is 4.79 Å². The summed E-state index contributed by atoms with van der Waals surface area (Å²) in [4.78, 5) is 12.7. The van der Waals surface area contributed by atoms with Crippen molar-refractivity contribution >= 4 is 11.5 Å². The number of rotatable bonds is 3. The summed E-state index contributed by atoms with van der Waals surface area (Å²) in [5, 5.41) is 3.27. The summed E-state index contributed by atoms with van der Waals surface area (Å²) in [5.74, 6) is 1.25. The van der Waals surface area contributed by atoms with Gasteiger partial charge in [-0.2, -0.15) is 0 Å². The van der Waals surface area contributed by atoms with E-state index in [1.165, 1.54) is 5.56 Å². The second-order valence-electron chi connectivity index (χ2n) is 5.56. The van der Waals surface area contributed by atoms with E-state index >= 15 is 0 Å². The Morgan fingerprint density at radius 3 is 2.62 bits per heavy atom. The van der Waals surface area contributed by atoms with E-state index in [0.29, 0.717) is 23.7 Å². The highest BCUT2D eigenvalue weighted by Gasteiger charge is 2.19. The van der Waals surface area contributed by atoms with Crippen molar-refractivity contribution in [2.75, 3.05) is 18.5 Å². The Hall–Kier alpha value is -2.29. The second kappa shape index (κ2) is 5.60. The molecule has 108 valence electrons. The lowest BCUT2D eigenvalue weighted by atomic mass is 9.97. The molecule has 2 aromatic carbocycles. The zero-order chi connectivity index (χ0) is 14.8. The van der Waals surface area contributed by atoms with Gasteiger partial charge in [-0.1, -0.05) is 44.2 Å². The second-order valence-corrected chi connectivity index (χ2v) is 5.56. The molecule has 0 aliphatic carbocycles. The first-order valence-corrected chi connectivity index (χ1v) is 7.31. The summed E-state index contributed by atoms with van der Waals surface area (Å²) in [6, 6.07) is 13.5. The molecule has 1 aliphatic heterocycles. The lowest BCUT2D eigenvalue weighted by molar-refractivity contribution is 0.103. The lowest BCUT2D eigenvalue weighted by Gasteiger charge is -2.21. The molecule has 1 heterocycles. The number of ether oxygens (including phenoxy) is 1. The number of hydrogen-bond acceptors (Lipinski definition) is 3. The normalized spacial score (nSPS) is 13.3. The van der Waals surface area contributed by atoms with Gasteiger partial charge in [0.1, 0.15) is 12.4 Å². The van der Waals surface area contributed by atoms with E-state index in [2.05, 4.69) is 19.2 Å². The zero-order valence-electron chi connectivity index (χ0n) is 12.3. The van der Waals surface area contributed by atoms with Gasteiger partial charge in [-0.25, -0.2) is 0 Å². The first kappa shape index (κ1) is 13.7. The molecule has 0 atom stereocenters. The molecule has 0 amide bonds. The molecule has 3 rings (SSSR count). The molecular weight excluding hydrogens is 262 g/mol.